The molecule has 2 aliphatic carbocycles. The number of amides is 1. The Labute approximate surface area is 261 Å². The normalized spacial score (nSPS) is 40.9. The fraction of sp³-hybridized carbons (Fsp3) is 0.971. The number of hydrogen-bond donors (Lipinski definition) is 2. The van der Waals surface area contributed by atoms with E-state index in [4.69, 9.17) is 19.1 Å². The molecule has 43 heavy (non-hydrogen) atoms. The molecule has 1 amide bonds. The fourth-order valence-electron chi connectivity index (χ4n) is 8.94. The molecule has 3 saturated heterocycles. The lowest BCUT2D eigenvalue weighted by Crippen LogP contribution is -2.66. The third-order valence-electron chi connectivity index (χ3n) is 10.7. The number of hydrogen-bond acceptors (Lipinski definition) is 8. The summed E-state index contributed by atoms with van der Waals surface area (Å²) in [5.41, 5.74) is -3.59. The number of hydroxylamine groups is 4. The van der Waals surface area contributed by atoms with Crippen molar-refractivity contribution in [3.63, 3.8) is 0 Å². The van der Waals surface area contributed by atoms with Gasteiger partial charge in [-0.3, -0.25) is 19.8 Å². The number of nitrogens with one attached hydrogen (secondary N) is 2. The Bertz CT molecular complexity index is 982. The Morgan fingerprint density at radius 1 is 0.674 bits per heavy atom. The van der Waals surface area contributed by atoms with Crippen molar-refractivity contribution in [1.82, 2.24) is 20.8 Å². The number of ether oxygens (including phenoxy) is 2. The molecule has 0 radical (unpaired) electrons. The van der Waals surface area contributed by atoms with Crippen LogP contribution in [0.5, 0.6) is 0 Å². The monoisotopic (exact) mass is 606 g/mol. The van der Waals surface area contributed by atoms with Crippen molar-refractivity contribution in [3.8, 4) is 0 Å². The third-order valence-corrected chi connectivity index (χ3v) is 10.7. The van der Waals surface area contributed by atoms with Crippen molar-refractivity contribution >= 4 is 5.91 Å². The van der Waals surface area contributed by atoms with E-state index in [-0.39, 0.29) is 18.1 Å². The molecule has 5 fully saturated rings. The number of rotatable bonds is 4. The van der Waals surface area contributed by atoms with Gasteiger partial charge >= 0.3 is 0 Å². The lowest BCUT2D eigenvalue weighted by molar-refractivity contribution is -0.339. The second kappa shape index (κ2) is 12.4. The molecule has 3 aliphatic heterocycles. The van der Waals surface area contributed by atoms with Crippen LogP contribution in [0.4, 0.5) is 0 Å². The predicted octanol–water partition coefficient (Wildman–Crippen LogP) is 5.97. The molecule has 5 aliphatic rings. The van der Waals surface area contributed by atoms with E-state index in [0.717, 1.165) is 38.6 Å². The second-order valence-electron chi connectivity index (χ2n) is 16.7. The molecule has 0 aromatic heterocycles. The van der Waals surface area contributed by atoms with Crippen LogP contribution in [0.3, 0.4) is 0 Å². The van der Waals surface area contributed by atoms with Crippen molar-refractivity contribution in [2.45, 2.75) is 191 Å². The van der Waals surface area contributed by atoms with Crippen LogP contribution < -0.4 is 10.6 Å². The molecule has 248 valence electrons. The molecular weight excluding hydrogens is 544 g/mol. The Morgan fingerprint density at radius 3 is 1.70 bits per heavy atom. The quantitative estimate of drug-likeness (QED) is 0.405. The minimum Gasteiger partial charge on any atom is -0.359 e. The minimum absolute atomic E-state index is 0.0246. The third kappa shape index (κ3) is 7.61. The van der Waals surface area contributed by atoms with E-state index in [0.29, 0.717) is 32.5 Å². The number of nitrogens with zero attached hydrogens (tertiary/aromatic N) is 2. The zero-order chi connectivity index (χ0) is 31.2. The van der Waals surface area contributed by atoms with Crippen LogP contribution in [0, 0.1) is 0 Å². The topological polar surface area (TPSA) is 84.5 Å². The molecule has 0 aromatic rings. The van der Waals surface area contributed by atoms with Crippen molar-refractivity contribution < 1.29 is 23.9 Å². The van der Waals surface area contributed by atoms with Crippen molar-refractivity contribution in [2.24, 2.45) is 0 Å². The van der Waals surface area contributed by atoms with Crippen LogP contribution in [0.2, 0.25) is 0 Å². The maximum absolute atomic E-state index is 14.1. The molecule has 0 aromatic carbocycles. The van der Waals surface area contributed by atoms with Gasteiger partial charge in [0.15, 0.2) is 0 Å². The van der Waals surface area contributed by atoms with Crippen molar-refractivity contribution in [2.75, 3.05) is 19.8 Å². The lowest BCUT2D eigenvalue weighted by Gasteiger charge is -2.56. The van der Waals surface area contributed by atoms with Gasteiger partial charge in [-0.15, -0.1) is 0 Å². The molecule has 3 heterocycles. The Balaban J connectivity index is 1.64. The fourth-order valence-corrected chi connectivity index (χ4v) is 8.94. The maximum Gasteiger partial charge on any atom is 0.224 e. The Kier molecular flexibility index (Phi) is 9.69. The Hall–Kier alpha value is -0.810. The summed E-state index contributed by atoms with van der Waals surface area (Å²) in [6, 6.07) is 0. The van der Waals surface area contributed by atoms with E-state index < -0.39 is 33.6 Å². The van der Waals surface area contributed by atoms with Crippen molar-refractivity contribution in [3.05, 3.63) is 0 Å². The average molecular weight is 607 g/mol. The molecule has 0 spiro atoms. The van der Waals surface area contributed by atoms with E-state index in [1.165, 1.54) is 38.5 Å². The molecule has 4 atom stereocenters. The summed E-state index contributed by atoms with van der Waals surface area (Å²) in [5.74, 6) is -0.0246. The highest BCUT2D eigenvalue weighted by atomic mass is 16.7. The van der Waals surface area contributed by atoms with Gasteiger partial charge in [-0.2, -0.15) is 10.1 Å². The van der Waals surface area contributed by atoms with Crippen LogP contribution in [-0.4, -0.2) is 81.6 Å². The second-order valence-corrected chi connectivity index (χ2v) is 16.7. The predicted molar refractivity (Wildman–Crippen MR) is 168 cm³/mol. The summed E-state index contributed by atoms with van der Waals surface area (Å²) in [5, 5.41) is 11.6. The number of fused-ring (bicyclic) bond motifs is 8. The van der Waals surface area contributed by atoms with Gasteiger partial charge in [-0.05, 0) is 100 Å². The van der Waals surface area contributed by atoms with E-state index in [2.05, 4.69) is 69.2 Å². The van der Waals surface area contributed by atoms with E-state index in [9.17, 15) is 4.79 Å². The molecule has 2 N–H and O–H groups in total. The summed E-state index contributed by atoms with van der Waals surface area (Å²) in [4.78, 5) is 28.3. The van der Waals surface area contributed by atoms with Crippen LogP contribution in [0.15, 0.2) is 0 Å². The van der Waals surface area contributed by atoms with Gasteiger partial charge in [0.1, 0.15) is 11.4 Å². The highest BCUT2D eigenvalue weighted by molar-refractivity contribution is 5.78. The molecule has 4 unspecified atom stereocenters. The summed E-state index contributed by atoms with van der Waals surface area (Å²) < 4.78 is 13.5. The first-order chi connectivity index (χ1) is 20.1. The van der Waals surface area contributed by atoms with Gasteiger partial charge in [-0.1, -0.05) is 38.5 Å². The van der Waals surface area contributed by atoms with Gasteiger partial charge in [-0.25, -0.2) is 0 Å². The first-order valence-corrected chi connectivity index (χ1v) is 17.3. The molecule has 9 heteroatoms. The summed E-state index contributed by atoms with van der Waals surface area (Å²) in [6.07, 6.45) is 14.2. The van der Waals surface area contributed by atoms with Crippen molar-refractivity contribution in [1.29, 1.82) is 0 Å². The van der Waals surface area contributed by atoms with Gasteiger partial charge in [0.2, 0.25) is 5.91 Å². The highest BCUT2D eigenvalue weighted by Gasteiger charge is 2.56. The van der Waals surface area contributed by atoms with Gasteiger partial charge in [0.05, 0.1) is 42.0 Å². The smallest absolute Gasteiger partial charge is 0.224 e. The SMILES string of the molecule is CC12CC3(C)NC(=O)CC(C)(CC(C)(CCN1)N(OC1CCCCC1)C(C)(C)CO2)N(OC1CCCCC1)C(C)(C)CO3. The largest absolute Gasteiger partial charge is 0.359 e. The van der Waals surface area contributed by atoms with Gasteiger partial charge in [0, 0.05) is 18.4 Å². The average Bonchev–Trinajstić information content (AvgIpc) is 2.97. The number of carbonyl (C=O) groups excluding carboxylic acids is 1. The summed E-state index contributed by atoms with van der Waals surface area (Å²) in [7, 11) is 0. The summed E-state index contributed by atoms with van der Waals surface area (Å²) >= 11 is 0. The zero-order valence-corrected chi connectivity index (χ0v) is 28.6. The zero-order valence-electron chi connectivity index (χ0n) is 28.6. The van der Waals surface area contributed by atoms with Crippen LogP contribution >= 0.6 is 0 Å². The lowest BCUT2D eigenvalue weighted by atomic mass is 9.76. The van der Waals surface area contributed by atoms with Gasteiger partial charge in [0.25, 0.3) is 0 Å². The molecular formula is C34H62N4O5. The minimum atomic E-state index is -0.920. The molecule has 5 rings (SSSR count). The Morgan fingerprint density at radius 2 is 1.16 bits per heavy atom. The van der Waals surface area contributed by atoms with E-state index >= 15 is 0 Å². The first-order valence-electron chi connectivity index (χ1n) is 17.3. The maximum atomic E-state index is 14.1. The number of carbonyl (C=O) groups is 1. The molecule has 4 bridgehead atoms. The van der Waals surface area contributed by atoms with Gasteiger partial charge < -0.3 is 14.8 Å². The van der Waals surface area contributed by atoms with Crippen LogP contribution in [-0.2, 0) is 23.9 Å². The summed E-state index contributed by atoms with van der Waals surface area (Å²) in [6.45, 7) is 19.2. The van der Waals surface area contributed by atoms with E-state index in [1.807, 2.05) is 6.92 Å². The highest BCUT2D eigenvalue weighted by Crippen LogP contribution is 2.46. The molecule has 9 nitrogen and oxygen atoms in total. The standard InChI is InChI=1S/C34H62N4O5/c1-29(2)24-40-33(7)23-34(8)36-28(39)21-32(6,38(30(3,4)25-41-34)43-27-17-13-10-14-18-27)22-31(5,19-20-35-33)37(29)42-26-15-11-9-12-16-26/h26-27,35H,9-25H2,1-8H3,(H,36,39). The van der Waals surface area contributed by atoms with E-state index in [1.54, 1.807) is 0 Å². The first kappa shape index (κ1) is 33.6. The van der Waals surface area contributed by atoms with Crippen LogP contribution in [0.1, 0.15) is 145 Å². The van der Waals surface area contributed by atoms with Crippen LogP contribution in [0.25, 0.3) is 0 Å². The molecule has 2 saturated carbocycles.